The van der Waals surface area contributed by atoms with Crippen LogP contribution in [0, 0.1) is 11.8 Å². The number of ether oxygens (including phenoxy) is 4. The van der Waals surface area contributed by atoms with Crippen LogP contribution in [0.15, 0.2) is 0 Å². The first-order valence-corrected chi connectivity index (χ1v) is 41.5. The molecule has 0 aliphatic heterocycles. The van der Waals surface area contributed by atoms with E-state index < -0.39 is 97.5 Å². The number of rotatable bonds is 73. The molecule has 0 saturated heterocycles. The number of phosphoric ester groups is 2. The van der Waals surface area contributed by atoms with Gasteiger partial charge < -0.3 is 33.8 Å². The van der Waals surface area contributed by atoms with Gasteiger partial charge in [0.2, 0.25) is 0 Å². The minimum atomic E-state index is -4.95. The Morgan fingerprint density at radius 3 is 0.731 bits per heavy atom. The van der Waals surface area contributed by atoms with Crippen molar-refractivity contribution >= 4 is 39.5 Å². The van der Waals surface area contributed by atoms with Crippen molar-refractivity contribution in [3.05, 3.63) is 0 Å². The first-order chi connectivity index (χ1) is 44.9. The van der Waals surface area contributed by atoms with Gasteiger partial charge in [-0.05, 0) is 37.5 Å². The number of hydrogen-bond acceptors (Lipinski definition) is 15. The second kappa shape index (κ2) is 66.0. The average molecular weight is 1370 g/mol. The lowest BCUT2D eigenvalue weighted by Crippen LogP contribution is -2.30. The van der Waals surface area contributed by atoms with Crippen LogP contribution in [0.5, 0.6) is 0 Å². The van der Waals surface area contributed by atoms with Crippen molar-refractivity contribution in [2.24, 2.45) is 11.8 Å². The van der Waals surface area contributed by atoms with E-state index in [-0.39, 0.29) is 25.7 Å². The minimum Gasteiger partial charge on any atom is -0.462 e. The zero-order chi connectivity index (χ0) is 68.6. The summed E-state index contributed by atoms with van der Waals surface area (Å²) >= 11 is 0. The highest BCUT2D eigenvalue weighted by Crippen LogP contribution is 2.45. The van der Waals surface area contributed by atoms with Gasteiger partial charge in [0.25, 0.3) is 0 Å². The van der Waals surface area contributed by atoms with Crippen LogP contribution in [0.4, 0.5) is 0 Å². The Balaban J connectivity index is 5.20. The molecule has 0 aromatic heterocycles. The Labute approximate surface area is 568 Å². The summed E-state index contributed by atoms with van der Waals surface area (Å²) < 4.78 is 68.4. The lowest BCUT2D eigenvalue weighted by molar-refractivity contribution is -0.161. The Bertz CT molecular complexity index is 1800. The second-order valence-corrected chi connectivity index (χ2v) is 30.5. The number of carbonyl (C=O) groups excluding carboxylic acids is 4. The molecule has 0 aliphatic rings. The number of aliphatic hydroxyl groups is 1. The molecule has 0 aromatic carbocycles. The van der Waals surface area contributed by atoms with E-state index in [9.17, 15) is 43.2 Å². The summed E-state index contributed by atoms with van der Waals surface area (Å²) in [6.07, 6.45) is 52.8. The molecule has 0 radical (unpaired) electrons. The highest BCUT2D eigenvalue weighted by molar-refractivity contribution is 7.47. The van der Waals surface area contributed by atoms with Crippen LogP contribution in [0.2, 0.25) is 0 Å². The summed E-state index contributed by atoms with van der Waals surface area (Å²) in [6, 6.07) is 0. The third-order valence-corrected chi connectivity index (χ3v) is 19.1. The smallest absolute Gasteiger partial charge is 0.462 e. The molecule has 0 spiro atoms. The van der Waals surface area contributed by atoms with Crippen molar-refractivity contribution in [2.45, 2.75) is 400 Å². The standard InChI is InChI=1S/C74H144O17P2/c1-7-9-11-13-15-16-17-18-19-20-21-29-34-40-46-52-58-74(79)91-70(63-85-72(77)57-51-45-39-33-28-24-22-26-31-37-42-48-54-66(3)4)65-89-93(82,83)87-61-68(75)60-86-92(80,81)88-64-69(62-84-71(76)56-50-44-36-14-12-10-8-2)90-73(78)59-53-47-41-35-30-25-23-27-32-38-43-49-55-67(5)6/h66-70,75H,7-65H2,1-6H3,(H,80,81)(H,82,83)/t68-,69+,70+/m0/s1. The van der Waals surface area contributed by atoms with E-state index in [2.05, 4.69) is 41.5 Å². The van der Waals surface area contributed by atoms with Gasteiger partial charge in [-0.2, -0.15) is 0 Å². The van der Waals surface area contributed by atoms with E-state index in [1.807, 2.05) is 0 Å². The van der Waals surface area contributed by atoms with Gasteiger partial charge in [-0.1, -0.05) is 330 Å². The first kappa shape index (κ1) is 91.1. The molecule has 0 saturated carbocycles. The highest BCUT2D eigenvalue weighted by Gasteiger charge is 2.30. The van der Waals surface area contributed by atoms with Gasteiger partial charge in [-0.25, -0.2) is 9.13 Å². The maximum atomic E-state index is 13.1. The molecular formula is C74H144O17P2. The maximum Gasteiger partial charge on any atom is 0.472 e. The molecule has 0 amide bonds. The molecule has 0 aromatic rings. The van der Waals surface area contributed by atoms with E-state index in [0.717, 1.165) is 115 Å². The summed E-state index contributed by atoms with van der Waals surface area (Å²) in [6.45, 7) is 9.57. The number of unbranched alkanes of at least 4 members (excludes halogenated alkanes) is 43. The Hall–Kier alpha value is -1.94. The summed E-state index contributed by atoms with van der Waals surface area (Å²) in [7, 11) is -9.90. The van der Waals surface area contributed by atoms with E-state index in [4.69, 9.17) is 37.0 Å². The number of carbonyl (C=O) groups is 4. The quantitative estimate of drug-likeness (QED) is 0.0222. The third-order valence-electron chi connectivity index (χ3n) is 17.2. The lowest BCUT2D eigenvalue weighted by atomic mass is 10.0. The number of esters is 4. The van der Waals surface area contributed by atoms with E-state index >= 15 is 0 Å². The van der Waals surface area contributed by atoms with Crippen LogP contribution in [0.25, 0.3) is 0 Å². The van der Waals surface area contributed by atoms with Crippen LogP contribution >= 0.6 is 15.6 Å². The molecule has 17 nitrogen and oxygen atoms in total. The van der Waals surface area contributed by atoms with Crippen LogP contribution < -0.4 is 0 Å². The second-order valence-electron chi connectivity index (χ2n) is 27.6. The topological polar surface area (TPSA) is 237 Å². The highest BCUT2D eigenvalue weighted by atomic mass is 31.2. The van der Waals surface area contributed by atoms with Crippen molar-refractivity contribution < 1.29 is 80.2 Å². The first-order valence-electron chi connectivity index (χ1n) is 38.5. The zero-order valence-corrected chi connectivity index (χ0v) is 62.3. The van der Waals surface area contributed by atoms with Crippen molar-refractivity contribution in [1.82, 2.24) is 0 Å². The van der Waals surface area contributed by atoms with Crippen molar-refractivity contribution in [1.29, 1.82) is 0 Å². The molecule has 0 fully saturated rings. The van der Waals surface area contributed by atoms with Crippen molar-refractivity contribution in [2.75, 3.05) is 39.6 Å². The molecule has 0 bridgehead atoms. The Morgan fingerprint density at radius 1 is 0.290 bits per heavy atom. The summed E-state index contributed by atoms with van der Waals surface area (Å²) in [5.74, 6) is -0.562. The number of hydrogen-bond donors (Lipinski definition) is 3. The van der Waals surface area contributed by atoms with Gasteiger partial charge in [0.05, 0.1) is 26.4 Å². The van der Waals surface area contributed by atoms with E-state index in [1.165, 1.54) is 186 Å². The zero-order valence-electron chi connectivity index (χ0n) is 60.6. The Morgan fingerprint density at radius 2 is 0.495 bits per heavy atom. The van der Waals surface area contributed by atoms with Gasteiger partial charge in [-0.15, -0.1) is 0 Å². The molecule has 0 aliphatic carbocycles. The molecule has 552 valence electrons. The van der Waals surface area contributed by atoms with Crippen LogP contribution in [-0.2, 0) is 65.4 Å². The summed E-state index contributed by atoms with van der Waals surface area (Å²) in [5, 5.41) is 10.6. The van der Waals surface area contributed by atoms with E-state index in [1.54, 1.807) is 0 Å². The van der Waals surface area contributed by atoms with Crippen molar-refractivity contribution in [3.63, 3.8) is 0 Å². The predicted molar refractivity (Wildman–Crippen MR) is 377 cm³/mol. The normalized spacial score (nSPS) is 14.1. The molecule has 19 heteroatoms. The molecule has 0 heterocycles. The lowest BCUT2D eigenvalue weighted by Gasteiger charge is -2.21. The summed E-state index contributed by atoms with van der Waals surface area (Å²) in [4.78, 5) is 72.6. The number of phosphoric acid groups is 2. The van der Waals surface area contributed by atoms with Gasteiger partial charge >= 0.3 is 39.5 Å². The van der Waals surface area contributed by atoms with Crippen LogP contribution in [0.3, 0.4) is 0 Å². The summed E-state index contributed by atoms with van der Waals surface area (Å²) in [5.41, 5.74) is 0. The number of aliphatic hydroxyl groups excluding tert-OH is 1. The molecule has 93 heavy (non-hydrogen) atoms. The molecule has 2 unspecified atom stereocenters. The van der Waals surface area contributed by atoms with Crippen molar-refractivity contribution in [3.8, 4) is 0 Å². The van der Waals surface area contributed by atoms with Gasteiger partial charge in [0.15, 0.2) is 12.2 Å². The Kier molecular flexibility index (Phi) is 64.6. The van der Waals surface area contributed by atoms with Crippen LogP contribution in [0.1, 0.15) is 382 Å². The van der Waals surface area contributed by atoms with E-state index in [0.29, 0.717) is 25.7 Å². The van der Waals surface area contributed by atoms with Crippen LogP contribution in [-0.4, -0.2) is 96.7 Å². The monoisotopic (exact) mass is 1370 g/mol. The predicted octanol–water partition coefficient (Wildman–Crippen LogP) is 21.6. The molecule has 0 rings (SSSR count). The largest absolute Gasteiger partial charge is 0.472 e. The SMILES string of the molecule is CCCCCCCCCCCCCCCCCCC(=O)O[C@H](COC(=O)CCCCCCCCCCCCCCC(C)C)COP(=O)(O)OC[C@@H](O)COP(=O)(O)OC[C@@H](COC(=O)CCCCCCCCC)OC(=O)CCCCCCCCCCCCCCC(C)C. The molecular weight excluding hydrogens is 1220 g/mol. The van der Waals surface area contributed by atoms with Gasteiger partial charge in [-0.3, -0.25) is 37.3 Å². The minimum absolute atomic E-state index is 0.107. The fourth-order valence-corrected chi connectivity index (χ4v) is 12.9. The maximum absolute atomic E-state index is 13.1. The van der Waals surface area contributed by atoms with Gasteiger partial charge in [0.1, 0.15) is 19.3 Å². The fraction of sp³-hybridized carbons (Fsp3) is 0.946. The molecule has 3 N–H and O–H groups in total. The van der Waals surface area contributed by atoms with Gasteiger partial charge in [0, 0.05) is 25.7 Å². The third kappa shape index (κ3) is 68.4. The average Bonchev–Trinajstić information content (AvgIpc) is 2.94. The molecule has 5 atom stereocenters. The fourth-order valence-electron chi connectivity index (χ4n) is 11.3.